The highest BCUT2D eigenvalue weighted by Crippen LogP contribution is 2.29. The quantitative estimate of drug-likeness (QED) is 0.489. The van der Waals surface area contributed by atoms with E-state index in [1.165, 1.54) is 4.90 Å². The monoisotopic (exact) mass is 277 g/mol. The first kappa shape index (κ1) is 13.4. The van der Waals surface area contributed by atoms with Crippen LogP contribution in [0.4, 0.5) is 0 Å². The zero-order chi connectivity index (χ0) is 14.8. The molecule has 3 rings (SSSR count). The molecule has 104 valence electrons. The fourth-order valence-electron chi connectivity index (χ4n) is 2.78. The molecule has 0 bridgehead atoms. The molecule has 2 aromatic carbocycles. The molecule has 2 amide bonds. The van der Waals surface area contributed by atoms with Gasteiger partial charge in [0.25, 0.3) is 11.8 Å². The third-order valence-electron chi connectivity index (χ3n) is 3.81. The van der Waals surface area contributed by atoms with Crippen LogP contribution in [0.25, 0.3) is 10.8 Å². The number of carbonyl (C=O) groups excluding carboxylic acids is 2. The van der Waals surface area contributed by atoms with Crippen LogP contribution in [0, 0.1) is 12.3 Å². The Balaban J connectivity index is 1.98. The Morgan fingerprint density at radius 2 is 1.57 bits per heavy atom. The second-order valence-electron chi connectivity index (χ2n) is 5.13. The molecule has 0 aliphatic carbocycles. The lowest BCUT2D eigenvalue weighted by Gasteiger charge is -2.27. The number of terminal acetylenes is 1. The van der Waals surface area contributed by atoms with Gasteiger partial charge in [-0.05, 0) is 30.4 Å². The topological polar surface area (TPSA) is 37.4 Å². The van der Waals surface area contributed by atoms with Crippen LogP contribution in [0.5, 0.6) is 0 Å². The smallest absolute Gasteiger partial charge is 0.261 e. The SMILES string of the molecule is C#CCCCCN1C(=O)c2cccc3cccc(c23)C1=O. The zero-order valence-electron chi connectivity index (χ0n) is 11.6. The molecule has 21 heavy (non-hydrogen) atoms. The van der Waals surface area contributed by atoms with E-state index >= 15 is 0 Å². The molecular formula is C18H15NO2. The average molecular weight is 277 g/mol. The van der Waals surface area contributed by atoms with Crippen molar-refractivity contribution >= 4 is 22.6 Å². The highest BCUT2D eigenvalue weighted by atomic mass is 16.2. The number of hydrogen-bond acceptors (Lipinski definition) is 2. The first-order valence-corrected chi connectivity index (χ1v) is 7.05. The van der Waals surface area contributed by atoms with Crippen LogP contribution in [0.1, 0.15) is 40.0 Å². The highest BCUT2D eigenvalue weighted by Gasteiger charge is 2.31. The number of nitrogens with zero attached hydrogens (tertiary/aromatic N) is 1. The Kier molecular flexibility index (Phi) is 3.45. The van der Waals surface area contributed by atoms with Gasteiger partial charge in [0.15, 0.2) is 0 Å². The number of unbranched alkanes of at least 4 members (excludes halogenated alkanes) is 2. The predicted molar refractivity (Wildman–Crippen MR) is 82.0 cm³/mol. The molecule has 1 aliphatic rings. The molecule has 1 aliphatic heterocycles. The van der Waals surface area contributed by atoms with E-state index in [-0.39, 0.29) is 11.8 Å². The largest absolute Gasteiger partial charge is 0.274 e. The van der Waals surface area contributed by atoms with Crippen molar-refractivity contribution in [3.05, 3.63) is 47.5 Å². The van der Waals surface area contributed by atoms with E-state index in [2.05, 4.69) is 5.92 Å². The summed E-state index contributed by atoms with van der Waals surface area (Å²) in [5, 5.41) is 1.70. The Labute approximate surface area is 123 Å². The average Bonchev–Trinajstić information content (AvgIpc) is 2.51. The van der Waals surface area contributed by atoms with Crippen molar-refractivity contribution in [2.75, 3.05) is 6.54 Å². The predicted octanol–water partition coefficient (Wildman–Crippen LogP) is 3.24. The third kappa shape index (κ3) is 2.19. The molecule has 0 radical (unpaired) electrons. The lowest BCUT2D eigenvalue weighted by Crippen LogP contribution is -2.40. The van der Waals surface area contributed by atoms with E-state index in [4.69, 9.17) is 6.42 Å². The van der Waals surface area contributed by atoms with Gasteiger partial charge in [0.05, 0.1) is 0 Å². The molecule has 0 N–H and O–H groups in total. The molecular weight excluding hydrogens is 262 g/mol. The summed E-state index contributed by atoms with van der Waals surface area (Å²) in [4.78, 5) is 26.4. The van der Waals surface area contributed by atoms with E-state index < -0.39 is 0 Å². The van der Waals surface area contributed by atoms with Crippen molar-refractivity contribution in [2.24, 2.45) is 0 Å². The first-order chi connectivity index (χ1) is 10.2. The van der Waals surface area contributed by atoms with E-state index in [1.54, 1.807) is 12.1 Å². The molecule has 0 saturated heterocycles. The number of amides is 2. The number of hydrogen-bond donors (Lipinski definition) is 0. The minimum absolute atomic E-state index is 0.204. The molecule has 0 fully saturated rings. The number of imide groups is 1. The maximum Gasteiger partial charge on any atom is 0.261 e. The van der Waals surface area contributed by atoms with E-state index in [1.807, 2.05) is 24.3 Å². The van der Waals surface area contributed by atoms with Gasteiger partial charge in [-0.15, -0.1) is 12.3 Å². The van der Waals surface area contributed by atoms with Crippen LogP contribution in [-0.4, -0.2) is 23.3 Å². The molecule has 0 unspecified atom stereocenters. The molecule has 2 aromatic rings. The lowest BCUT2D eigenvalue weighted by atomic mass is 9.94. The molecule has 0 atom stereocenters. The van der Waals surface area contributed by atoms with Crippen LogP contribution >= 0.6 is 0 Å². The van der Waals surface area contributed by atoms with Gasteiger partial charge in [0, 0.05) is 29.5 Å². The zero-order valence-corrected chi connectivity index (χ0v) is 11.6. The summed E-state index contributed by atoms with van der Waals surface area (Å²) in [5.74, 6) is 2.16. The van der Waals surface area contributed by atoms with Gasteiger partial charge in [0.1, 0.15) is 0 Å². The maximum atomic E-state index is 12.5. The summed E-state index contributed by atoms with van der Waals surface area (Å²) in [6.45, 7) is 0.421. The van der Waals surface area contributed by atoms with Crippen LogP contribution in [0.3, 0.4) is 0 Å². The van der Waals surface area contributed by atoms with Crippen molar-refractivity contribution < 1.29 is 9.59 Å². The minimum Gasteiger partial charge on any atom is -0.274 e. The Morgan fingerprint density at radius 1 is 0.952 bits per heavy atom. The van der Waals surface area contributed by atoms with Crippen LogP contribution < -0.4 is 0 Å². The van der Waals surface area contributed by atoms with Crippen LogP contribution in [0.15, 0.2) is 36.4 Å². The van der Waals surface area contributed by atoms with Crippen LogP contribution in [-0.2, 0) is 0 Å². The Hall–Kier alpha value is -2.60. The van der Waals surface area contributed by atoms with Crippen molar-refractivity contribution in [3.8, 4) is 12.3 Å². The Bertz CT molecular complexity index is 720. The minimum atomic E-state index is -0.204. The number of benzene rings is 2. The molecule has 0 aromatic heterocycles. The number of rotatable bonds is 4. The van der Waals surface area contributed by atoms with Gasteiger partial charge in [-0.25, -0.2) is 0 Å². The summed E-state index contributed by atoms with van der Waals surface area (Å²) in [6, 6.07) is 11.1. The molecule has 3 heteroatoms. The van der Waals surface area contributed by atoms with Gasteiger partial charge in [-0.2, -0.15) is 0 Å². The summed E-state index contributed by atoms with van der Waals surface area (Å²) >= 11 is 0. The molecule has 1 heterocycles. The Morgan fingerprint density at radius 3 is 2.14 bits per heavy atom. The van der Waals surface area contributed by atoms with Gasteiger partial charge >= 0.3 is 0 Å². The van der Waals surface area contributed by atoms with Gasteiger partial charge in [0.2, 0.25) is 0 Å². The first-order valence-electron chi connectivity index (χ1n) is 7.05. The van der Waals surface area contributed by atoms with Crippen molar-refractivity contribution in [3.63, 3.8) is 0 Å². The number of carbonyl (C=O) groups is 2. The summed E-state index contributed by atoms with van der Waals surface area (Å²) in [6.07, 6.45) is 7.44. The van der Waals surface area contributed by atoms with Crippen molar-refractivity contribution in [2.45, 2.75) is 19.3 Å². The third-order valence-corrected chi connectivity index (χ3v) is 3.81. The van der Waals surface area contributed by atoms with Gasteiger partial charge in [-0.1, -0.05) is 24.3 Å². The lowest BCUT2D eigenvalue weighted by molar-refractivity contribution is 0.0608. The van der Waals surface area contributed by atoms with E-state index in [0.717, 1.165) is 23.6 Å². The van der Waals surface area contributed by atoms with Crippen LogP contribution in [0.2, 0.25) is 0 Å². The van der Waals surface area contributed by atoms with Gasteiger partial charge in [-0.3, -0.25) is 14.5 Å². The second-order valence-corrected chi connectivity index (χ2v) is 5.13. The molecule has 3 nitrogen and oxygen atoms in total. The highest BCUT2D eigenvalue weighted by molar-refractivity contribution is 6.25. The standard InChI is InChI=1S/C18H15NO2/c1-2-3-4-5-12-19-17(20)14-10-6-8-13-9-7-11-15(16(13)14)18(19)21/h1,6-11H,3-5,12H2. The fourth-order valence-corrected chi connectivity index (χ4v) is 2.78. The van der Waals surface area contributed by atoms with Crippen molar-refractivity contribution in [1.29, 1.82) is 0 Å². The summed E-state index contributed by atoms with van der Waals surface area (Å²) in [5.41, 5.74) is 1.22. The van der Waals surface area contributed by atoms with E-state index in [0.29, 0.717) is 24.1 Å². The summed E-state index contributed by atoms with van der Waals surface area (Å²) in [7, 11) is 0. The second kappa shape index (κ2) is 5.41. The van der Waals surface area contributed by atoms with E-state index in [9.17, 15) is 9.59 Å². The van der Waals surface area contributed by atoms with Crippen molar-refractivity contribution in [1.82, 2.24) is 4.90 Å². The summed E-state index contributed by atoms with van der Waals surface area (Å²) < 4.78 is 0. The molecule has 0 saturated carbocycles. The fraction of sp³-hybridized carbons (Fsp3) is 0.222. The normalized spacial score (nSPS) is 13.6. The van der Waals surface area contributed by atoms with Gasteiger partial charge < -0.3 is 0 Å². The maximum absolute atomic E-state index is 12.5. The molecule has 0 spiro atoms.